The lowest BCUT2D eigenvalue weighted by atomic mass is 10.0. The third kappa shape index (κ3) is 8.06. The Morgan fingerprint density at radius 3 is 2.05 bits per heavy atom. The van der Waals surface area contributed by atoms with Crippen molar-refractivity contribution in [3.63, 3.8) is 0 Å². The lowest BCUT2D eigenvalue weighted by molar-refractivity contribution is -0.138. The fraction of sp³-hybridized carbons (Fsp3) is 0.667. The third-order valence-corrected chi connectivity index (χ3v) is 2.47. The molecule has 0 aliphatic heterocycles. The molecular formula is C12H20N2O6. The molecule has 0 fully saturated rings. The maximum Gasteiger partial charge on any atom is 0.322 e. The first-order valence-corrected chi connectivity index (χ1v) is 6.24. The number of aliphatic carboxylic acids is 2. The van der Waals surface area contributed by atoms with Crippen LogP contribution in [0.1, 0.15) is 33.1 Å². The van der Waals surface area contributed by atoms with Gasteiger partial charge in [0.2, 0.25) is 11.8 Å². The molecule has 0 saturated heterocycles. The molecule has 0 bridgehead atoms. The summed E-state index contributed by atoms with van der Waals surface area (Å²) in [6.45, 7) is 2.90. The van der Waals surface area contributed by atoms with E-state index in [2.05, 4.69) is 10.6 Å². The molecule has 0 aromatic heterocycles. The van der Waals surface area contributed by atoms with E-state index in [1.54, 1.807) is 13.8 Å². The van der Waals surface area contributed by atoms with E-state index in [1.165, 1.54) is 0 Å². The average molecular weight is 288 g/mol. The van der Waals surface area contributed by atoms with Crippen LogP contribution in [0.2, 0.25) is 0 Å². The Kier molecular flexibility index (Phi) is 7.95. The monoisotopic (exact) mass is 288 g/mol. The molecule has 0 aromatic carbocycles. The number of hydrogen-bond acceptors (Lipinski definition) is 4. The molecule has 0 radical (unpaired) electrons. The van der Waals surface area contributed by atoms with Gasteiger partial charge in [-0.2, -0.15) is 0 Å². The van der Waals surface area contributed by atoms with Crippen LogP contribution in [-0.2, 0) is 19.2 Å². The second kappa shape index (κ2) is 8.89. The van der Waals surface area contributed by atoms with Crippen LogP contribution in [0.3, 0.4) is 0 Å². The summed E-state index contributed by atoms with van der Waals surface area (Å²) >= 11 is 0. The van der Waals surface area contributed by atoms with Crippen molar-refractivity contribution >= 4 is 23.8 Å². The van der Waals surface area contributed by atoms with Gasteiger partial charge in [0.25, 0.3) is 0 Å². The number of amides is 2. The molecule has 114 valence electrons. The van der Waals surface area contributed by atoms with Gasteiger partial charge in [0.1, 0.15) is 12.6 Å². The number of hydrogen-bond donors (Lipinski definition) is 4. The lowest BCUT2D eigenvalue weighted by Crippen LogP contribution is -2.50. The molecule has 0 aliphatic rings. The van der Waals surface area contributed by atoms with Gasteiger partial charge in [0.05, 0.1) is 0 Å². The Morgan fingerprint density at radius 1 is 1.00 bits per heavy atom. The zero-order valence-electron chi connectivity index (χ0n) is 11.5. The van der Waals surface area contributed by atoms with E-state index in [0.717, 1.165) is 0 Å². The zero-order valence-corrected chi connectivity index (χ0v) is 11.5. The first kappa shape index (κ1) is 17.9. The van der Waals surface area contributed by atoms with E-state index >= 15 is 0 Å². The highest BCUT2D eigenvalue weighted by Crippen LogP contribution is 2.03. The molecule has 0 rings (SSSR count). The Hall–Kier alpha value is -2.12. The van der Waals surface area contributed by atoms with Crippen LogP contribution in [0.5, 0.6) is 0 Å². The van der Waals surface area contributed by atoms with Gasteiger partial charge in [-0.25, -0.2) is 0 Å². The van der Waals surface area contributed by atoms with Gasteiger partial charge in [-0.15, -0.1) is 0 Å². The van der Waals surface area contributed by atoms with Crippen LogP contribution in [-0.4, -0.2) is 46.6 Å². The van der Waals surface area contributed by atoms with Crippen molar-refractivity contribution in [1.82, 2.24) is 10.6 Å². The SMILES string of the molecule is CC(C)C(NC(=O)CCCC(=O)O)C(=O)NCC(=O)O. The second-order valence-corrected chi connectivity index (χ2v) is 4.65. The predicted octanol–water partition coefficient (Wildman–Crippen LogP) is -0.417. The second-order valence-electron chi connectivity index (χ2n) is 4.65. The topological polar surface area (TPSA) is 133 Å². The highest BCUT2D eigenvalue weighted by molar-refractivity contribution is 5.89. The summed E-state index contributed by atoms with van der Waals surface area (Å²) in [6, 6.07) is -0.841. The standard InChI is InChI=1S/C12H20N2O6/c1-7(2)11(12(20)13-6-10(18)19)14-8(15)4-3-5-9(16)17/h7,11H,3-6H2,1-2H3,(H,13,20)(H,14,15)(H,16,17)(H,18,19). The summed E-state index contributed by atoms with van der Waals surface area (Å²) in [5.41, 5.74) is 0. The molecule has 8 heteroatoms. The van der Waals surface area contributed by atoms with Crippen molar-refractivity contribution < 1.29 is 29.4 Å². The summed E-state index contributed by atoms with van der Waals surface area (Å²) in [4.78, 5) is 44.0. The lowest BCUT2D eigenvalue weighted by Gasteiger charge is -2.21. The van der Waals surface area contributed by atoms with Crippen molar-refractivity contribution in [3.05, 3.63) is 0 Å². The minimum absolute atomic E-state index is 0.00172. The number of nitrogens with one attached hydrogen (secondary N) is 2. The zero-order chi connectivity index (χ0) is 15.7. The van der Waals surface area contributed by atoms with E-state index in [1.807, 2.05) is 0 Å². The molecule has 0 saturated carbocycles. The van der Waals surface area contributed by atoms with Crippen molar-refractivity contribution in [1.29, 1.82) is 0 Å². The van der Waals surface area contributed by atoms with Crippen molar-refractivity contribution in [2.24, 2.45) is 5.92 Å². The number of carboxylic acids is 2. The molecule has 1 atom stereocenters. The highest BCUT2D eigenvalue weighted by atomic mass is 16.4. The Balaban J connectivity index is 4.32. The Labute approximate surface area is 116 Å². The molecule has 8 nitrogen and oxygen atoms in total. The molecule has 0 spiro atoms. The summed E-state index contributed by atoms with van der Waals surface area (Å²) in [5.74, 6) is -3.39. The predicted molar refractivity (Wildman–Crippen MR) is 68.9 cm³/mol. The molecule has 0 heterocycles. The van der Waals surface area contributed by atoms with Crippen LogP contribution in [0, 0.1) is 5.92 Å². The number of carbonyl (C=O) groups is 4. The smallest absolute Gasteiger partial charge is 0.322 e. The molecule has 1 unspecified atom stereocenters. The van der Waals surface area contributed by atoms with Gasteiger partial charge in [-0.3, -0.25) is 19.2 Å². The molecular weight excluding hydrogens is 268 g/mol. The van der Waals surface area contributed by atoms with Gasteiger partial charge >= 0.3 is 11.9 Å². The van der Waals surface area contributed by atoms with Crippen LogP contribution in [0.25, 0.3) is 0 Å². The minimum Gasteiger partial charge on any atom is -0.481 e. The first-order chi connectivity index (χ1) is 9.23. The highest BCUT2D eigenvalue weighted by Gasteiger charge is 2.24. The van der Waals surface area contributed by atoms with Crippen molar-refractivity contribution in [2.45, 2.75) is 39.2 Å². The van der Waals surface area contributed by atoms with E-state index in [-0.39, 0.29) is 25.2 Å². The fourth-order valence-corrected chi connectivity index (χ4v) is 1.45. The largest absolute Gasteiger partial charge is 0.481 e. The summed E-state index contributed by atoms with van der Waals surface area (Å²) in [7, 11) is 0. The molecule has 4 N–H and O–H groups in total. The maximum atomic E-state index is 11.7. The quantitative estimate of drug-likeness (QED) is 0.455. The summed E-state index contributed by atoms with van der Waals surface area (Å²) in [6.07, 6.45) is 0.0649. The van der Waals surface area contributed by atoms with Crippen LogP contribution in [0.15, 0.2) is 0 Å². The maximum absolute atomic E-state index is 11.7. The van der Waals surface area contributed by atoms with Gasteiger partial charge in [-0.1, -0.05) is 13.8 Å². The van der Waals surface area contributed by atoms with Crippen molar-refractivity contribution in [2.75, 3.05) is 6.54 Å². The van der Waals surface area contributed by atoms with Gasteiger partial charge in [-0.05, 0) is 12.3 Å². The number of carbonyl (C=O) groups excluding carboxylic acids is 2. The van der Waals surface area contributed by atoms with Gasteiger partial charge in [0.15, 0.2) is 0 Å². The molecule has 0 aliphatic carbocycles. The molecule has 0 aromatic rings. The minimum atomic E-state index is -1.17. The Morgan fingerprint density at radius 2 is 1.60 bits per heavy atom. The van der Waals surface area contributed by atoms with E-state index in [4.69, 9.17) is 10.2 Å². The Bertz CT molecular complexity index is 380. The van der Waals surface area contributed by atoms with Gasteiger partial charge in [0, 0.05) is 12.8 Å². The van der Waals surface area contributed by atoms with Crippen LogP contribution in [0.4, 0.5) is 0 Å². The molecule has 2 amide bonds. The number of carboxylic acid groups (broad SMARTS) is 2. The average Bonchev–Trinajstić information content (AvgIpc) is 2.32. The van der Waals surface area contributed by atoms with Crippen LogP contribution < -0.4 is 10.6 Å². The normalized spacial score (nSPS) is 11.8. The summed E-state index contributed by atoms with van der Waals surface area (Å²) in [5, 5.41) is 21.6. The first-order valence-electron chi connectivity index (χ1n) is 6.24. The summed E-state index contributed by atoms with van der Waals surface area (Å²) < 4.78 is 0. The van der Waals surface area contributed by atoms with Crippen molar-refractivity contribution in [3.8, 4) is 0 Å². The number of rotatable bonds is 9. The third-order valence-electron chi connectivity index (χ3n) is 2.47. The van der Waals surface area contributed by atoms with E-state index in [9.17, 15) is 19.2 Å². The van der Waals surface area contributed by atoms with Crippen LogP contribution >= 0.6 is 0 Å². The van der Waals surface area contributed by atoms with E-state index in [0.29, 0.717) is 0 Å². The molecule has 20 heavy (non-hydrogen) atoms. The van der Waals surface area contributed by atoms with Gasteiger partial charge < -0.3 is 20.8 Å². The fourth-order valence-electron chi connectivity index (χ4n) is 1.45. The van der Waals surface area contributed by atoms with E-state index < -0.39 is 36.3 Å².